The van der Waals surface area contributed by atoms with E-state index in [0.29, 0.717) is 0 Å². The molecule has 0 bridgehead atoms. The molecule has 2 aromatic rings. The van der Waals surface area contributed by atoms with E-state index >= 15 is 0 Å². The number of hydrogen-bond donors (Lipinski definition) is 1. The summed E-state index contributed by atoms with van der Waals surface area (Å²) in [6.45, 7) is 2.82. The van der Waals surface area contributed by atoms with Crippen LogP contribution in [0.1, 0.15) is 6.92 Å². The second-order valence-electron chi connectivity index (χ2n) is 4.06. The van der Waals surface area contributed by atoms with Crippen LogP contribution in [-0.2, 0) is 0 Å². The summed E-state index contributed by atoms with van der Waals surface area (Å²) in [7, 11) is 1.91. The summed E-state index contributed by atoms with van der Waals surface area (Å²) in [5.74, 6) is 0.788. The van der Waals surface area contributed by atoms with Crippen LogP contribution in [-0.4, -0.2) is 24.7 Å². The number of nitrogens with zero attached hydrogens (tertiary/aromatic N) is 1. The van der Waals surface area contributed by atoms with Crippen molar-refractivity contribution < 1.29 is 4.74 Å². The smallest absolute Gasteiger partial charge is 0.160 e. The first-order valence-corrected chi connectivity index (χ1v) is 7.26. The number of fused-ring (bicyclic) bond motifs is 1. The van der Waals surface area contributed by atoms with Crippen molar-refractivity contribution in [1.82, 2.24) is 10.3 Å². The Bertz CT molecular complexity index is 560. The number of likely N-dealkylation sites (N-methyl/N-ethyl adjacent to an activating group) is 1. The zero-order valence-electron chi connectivity index (χ0n) is 10.2. The molecule has 18 heavy (non-hydrogen) atoms. The maximum Gasteiger partial charge on any atom is 0.160 e. The lowest BCUT2D eigenvalue weighted by atomic mass is 10.2. The van der Waals surface area contributed by atoms with Gasteiger partial charge in [-0.15, -0.1) is 0 Å². The summed E-state index contributed by atoms with van der Waals surface area (Å²) < 4.78 is 7.87. The molecule has 0 radical (unpaired) electrons. The zero-order valence-corrected chi connectivity index (χ0v) is 13.4. The molecule has 0 saturated heterocycles. The van der Waals surface area contributed by atoms with Crippen molar-refractivity contribution in [2.45, 2.75) is 13.0 Å². The lowest BCUT2D eigenvalue weighted by Crippen LogP contribution is -2.26. The molecule has 1 aromatic carbocycles. The van der Waals surface area contributed by atoms with Crippen molar-refractivity contribution in [2.24, 2.45) is 0 Å². The van der Waals surface area contributed by atoms with Crippen molar-refractivity contribution in [3.63, 3.8) is 0 Å². The number of nitrogens with one attached hydrogen (secondary N) is 1. The van der Waals surface area contributed by atoms with Crippen LogP contribution in [0.3, 0.4) is 0 Å². The number of hydrogen-bond acceptors (Lipinski definition) is 3. The lowest BCUT2D eigenvalue weighted by Gasteiger charge is -2.17. The van der Waals surface area contributed by atoms with Crippen LogP contribution < -0.4 is 10.1 Å². The molecule has 0 aliphatic rings. The zero-order chi connectivity index (χ0) is 13.1. The predicted octanol–water partition coefficient (Wildman–Crippen LogP) is 3.75. The topological polar surface area (TPSA) is 34.1 Å². The molecule has 1 heterocycles. The van der Waals surface area contributed by atoms with Crippen LogP contribution in [0, 0.1) is 0 Å². The highest BCUT2D eigenvalue weighted by Gasteiger charge is 2.14. The number of pyridine rings is 1. The van der Waals surface area contributed by atoms with Crippen LogP contribution in [0.2, 0.25) is 0 Å². The Labute approximate surface area is 123 Å². The van der Waals surface area contributed by atoms with E-state index in [2.05, 4.69) is 42.2 Å². The van der Waals surface area contributed by atoms with Gasteiger partial charge in [-0.3, -0.25) is 4.98 Å². The molecule has 1 unspecified atom stereocenters. The Morgan fingerprint density at radius 2 is 2.17 bits per heavy atom. The molecular formula is C13H14Br2N2O. The molecule has 1 aromatic heterocycles. The highest BCUT2D eigenvalue weighted by atomic mass is 79.9. The average Bonchev–Trinajstić information content (AvgIpc) is 2.35. The van der Waals surface area contributed by atoms with Gasteiger partial charge in [0.15, 0.2) is 5.75 Å². The minimum absolute atomic E-state index is 0.0812. The van der Waals surface area contributed by atoms with E-state index in [1.807, 2.05) is 32.2 Å². The molecule has 3 nitrogen and oxygen atoms in total. The lowest BCUT2D eigenvalue weighted by molar-refractivity contribution is 0.221. The number of aromatic nitrogens is 1. The average molecular weight is 374 g/mol. The van der Waals surface area contributed by atoms with Gasteiger partial charge in [0.25, 0.3) is 0 Å². The van der Waals surface area contributed by atoms with E-state index in [9.17, 15) is 0 Å². The number of halogens is 2. The van der Waals surface area contributed by atoms with Crippen LogP contribution in [0.4, 0.5) is 0 Å². The molecule has 96 valence electrons. The minimum Gasteiger partial charge on any atom is -0.486 e. The van der Waals surface area contributed by atoms with E-state index in [-0.39, 0.29) is 6.10 Å². The third-order valence-corrected chi connectivity index (χ3v) is 3.81. The fourth-order valence-electron chi connectivity index (χ4n) is 1.79. The van der Waals surface area contributed by atoms with Gasteiger partial charge < -0.3 is 10.1 Å². The quantitative estimate of drug-likeness (QED) is 0.886. The number of ether oxygens (including phenoxy) is 1. The van der Waals surface area contributed by atoms with E-state index in [1.54, 1.807) is 6.20 Å². The number of rotatable bonds is 4. The van der Waals surface area contributed by atoms with Gasteiger partial charge in [-0.1, -0.05) is 22.0 Å². The Morgan fingerprint density at radius 1 is 1.39 bits per heavy atom. The van der Waals surface area contributed by atoms with Gasteiger partial charge in [0, 0.05) is 22.6 Å². The van der Waals surface area contributed by atoms with Crippen LogP contribution in [0.15, 0.2) is 33.3 Å². The molecular weight excluding hydrogens is 360 g/mol. The van der Waals surface area contributed by atoms with Crippen LogP contribution in [0.5, 0.6) is 5.75 Å². The first kappa shape index (κ1) is 13.8. The van der Waals surface area contributed by atoms with Gasteiger partial charge in [0.05, 0.1) is 4.47 Å². The molecule has 2 rings (SSSR count). The fourth-order valence-corrected chi connectivity index (χ4v) is 3.16. The van der Waals surface area contributed by atoms with E-state index in [0.717, 1.165) is 32.1 Å². The minimum atomic E-state index is 0.0812. The summed E-state index contributed by atoms with van der Waals surface area (Å²) in [6, 6.07) is 5.93. The third-order valence-electron chi connectivity index (χ3n) is 2.56. The normalized spacial score (nSPS) is 12.7. The molecule has 0 amide bonds. The van der Waals surface area contributed by atoms with Gasteiger partial charge in [-0.05, 0) is 42.0 Å². The Kier molecular flexibility index (Phi) is 4.59. The molecule has 1 N–H and O–H groups in total. The highest BCUT2D eigenvalue weighted by molar-refractivity contribution is 9.11. The van der Waals surface area contributed by atoms with Gasteiger partial charge in [-0.2, -0.15) is 0 Å². The van der Waals surface area contributed by atoms with Gasteiger partial charge in [-0.25, -0.2) is 0 Å². The Hall–Kier alpha value is -0.650. The molecule has 1 atom stereocenters. The molecule has 0 spiro atoms. The standard InChI is InChI=1S/C13H14Br2N2O/c1-8(7-16-2)18-13-11(15)6-10(14)9-4-3-5-17-12(9)13/h3-6,8,16H,7H2,1-2H3. The first-order valence-electron chi connectivity index (χ1n) is 5.67. The van der Waals surface area contributed by atoms with E-state index in [1.165, 1.54) is 0 Å². The summed E-state index contributed by atoms with van der Waals surface area (Å²) in [5, 5.41) is 4.15. The van der Waals surface area contributed by atoms with Crippen molar-refractivity contribution in [3.8, 4) is 5.75 Å². The third kappa shape index (κ3) is 2.84. The molecule has 0 aliphatic heterocycles. The fraction of sp³-hybridized carbons (Fsp3) is 0.308. The maximum absolute atomic E-state index is 5.96. The highest BCUT2D eigenvalue weighted by Crippen LogP contribution is 2.37. The second-order valence-corrected chi connectivity index (χ2v) is 5.76. The van der Waals surface area contributed by atoms with Crippen LogP contribution in [0.25, 0.3) is 10.9 Å². The summed E-state index contributed by atoms with van der Waals surface area (Å²) in [4.78, 5) is 4.41. The van der Waals surface area contributed by atoms with E-state index < -0.39 is 0 Å². The Morgan fingerprint density at radius 3 is 2.89 bits per heavy atom. The van der Waals surface area contributed by atoms with Gasteiger partial charge in [0.2, 0.25) is 0 Å². The van der Waals surface area contributed by atoms with Crippen LogP contribution >= 0.6 is 31.9 Å². The van der Waals surface area contributed by atoms with Crippen molar-refractivity contribution >= 4 is 42.8 Å². The van der Waals surface area contributed by atoms with E-state index in [4.69, 9.17) is 4.74 Å². The number of benzene rings is 1. The van der Waals surface area contributed by atoms with Gasteiger partial charge >= 0.3 is 0 Å². The summed E-state index contributed by atoms with van der Waals surface area (Å²) in [5.41, 5.74) is 0.863. The molecule has 0 fully saturated rings. The second kappa shape index (κ2) is 5.99. The SMILES string of the molecule is CNCC(C)Oc1c(Br)cc(Br)c2cccnc12. The summed E-state index contributed by atoms with van der Waals surface area (Å²) >= 11 is 7.07. The van der Waals surface area contributed by atoms with Gasteiger partial charge in [0.1, 0.15) is 11.6 Å². The molecule has 0 aliphatic carbocycles. The van der Waals surface area contributed by atoms with Crippen molar-refractivity contribution in [3.05, 3.63) is 33.3 Å². The largest absolute Gasteiger partial charge is 0.486 e. The van der Waals surface area contributed by atoms with Crippen molar-refractivity contribution in [1.29, 1.82) is 0 Å². The first-order chi connectivity index (χ1) is 8.63. The molecule has 0 saturated carbocycles. The molecule has 5 heteroatoms. The maximum atomic E-state index is 5.96. The predicted molar refractivity (Wildman–Crippen MR) is 81.2 cm³/mol. The summed E-state index contributed by atoms with van der Waals surface area (Å²) in [6.07, 6.45) is 1.86. The van der Waals surface area contributed by atoms with Crippen molar-refractivity contribution in [2.75, 3.05) is 13.6 Å². The monoisotopic (exact) mass is 372 g/mol. The Balaban J connectivity index is 2.49.